The average Bonchev–Trinajstić information content (AvgIpc) is 2.10. The van der Waals surface area contributed by atoms with E-state index in [1.807, 2.05) is 14.8 Å². The first-order valence-corrected chi connectivity index (χ1v) is 3.45. The highest BCUT2D eigenvalue weighted by Gasteiger charge is 2.00. The van der Waals surface area contributed by atoms with Crippen LogP contribution in [0.15, 0.2) is 0 Å². The van der Waals surface area contributed by atoms with Crippen LogP contribution in [-0.2, 0) is 0 Å². The van der Waals surface area contributed by atoms with Gasteiger partial charge in [0.1, 0.15) is 0 Å². The number of nitrogens with zero attached hydrogens (tertiary/aromatic N) is 1. The van der Waals surface area contributed by atoms with Crippen LogP contribution < -0.4 is 4.91 Å². The SMILES string of the molecule is Bc1nc(C)c(C=O)s1. The molecule has 0 spiro atoms. The average molecular weight is 139 g/mol. The Morgan fingerprint density at radius 1 is 1.78 bits per heavy atom. The van der Waals surface area contributed by atoms with Gasteiger partial charge in [-0.05, 0) is 6.92 Å². The van der Waals surface area contributed by atoms with Crippen LogP contribution in [0.1, 0.15) is 15.4 Å². The summed E-state index contributed by atoms with van der Waals surface area (Å²) in [6, 6.07) is 0. The van der Waals surface area contributed by atoms with E-state index in [2.05, 4.69) is 4.98 Å². The number of carbonyl (C=O) groups is 1. The fraction of sp³-hybridized carbons (Fsp3) is 0.200. The highest BCUT2D eigenvalue weighted by Crippen LogP contribution is 2.04. The summed E-state index contributed by atoms with van der Waals surface area (Å²) in [5, 5.41) is 0. The van der Waals surface area contributed by atoms with Crippen LogP contribution >= 0.6 is 11.3 Å². The minimum Gasteiger partial charge on any atom is -0.297 e. The van der Waals surface area contributed by atoms with Crippen molar-refractivity contribution in [2.75, 3.05) is 0 Å². The molecule has 0 aromatic carbocycles. The van der Waals surface area contributed by atoms with E-state index in [-0.39, 0.29) is 0 Å². The predicted molar refractivity (Wildman–Crippen MR) is 40.4 cm³/mol. The molecule has 9 heavy (non-hydrogen) atoms. The summed E-state index contributed by atoms with van der Waals surface area (Å²) >= 11 is 1.44. The molecule has 46 valence electrons. The molecular weight excluding hydrogens is 133 g/mol. The standard InChI is InChI=1S/C5H6BNOS/c1-3-4(2-8)9-5(6)7-3/h2H,6H2,1H3. The highest BCUT2D eigenvalue weighted by molar-refractivity contribution is 7.20. The van der Waals surface area contributed by atoms with Gasteiger partial charge in [-0.3, -0.25) is 9.78 Å². The van der Waals surface area contributed by atoms with Crippen LogP contribution in [0.5, 0.6) is 0 Å². The lowest BCUT2D eigenvalue weighted by molar-refractivity contribution is 0.112. The zero-order chi connectivity index (χ0) is 6.85. The molecule has 0 bridgehead atoms. The first kappa shape index (κ1) is 6.48. The Hall–Kier alpha value is -0.635. The van der Waals surface area contributed by atoms with Gasteiger partial charge in [0, 0.05) is 4.91 Å². The number of hydrogen-bond donors (Lipinski definition) is 0. The Morgan fingerprint density at radius 3 is 2.67 bits per heavy atom. The molecule has 0 aliphatic heterocycles. The zero-order valence-corrected chi connectivity index (χ0v) is 6.16. The second-order valence-electron chi connectivity index (χ2n) is 1.80. The van der Waals surface area contributed by atoms with Gasteiger partial charge in [0.05, 0.1) is 10.6 Å². The number of rotatable bonds is 1. The summed E-state index contributed by atoms with van der Waals surface area (Å²) < 4.78 is 0. The molecule has 0 radical (unpaired) electrons. The largest absolute Gasteiger partial charge is 0.297 e. The van der Waals surface area contributed by atoms with Gasteiger partial charge in [-0.1, -0.05) is 0 Å². The molecule has 0 atom stereocenters. The molecular formula is C5H6BNOS. The minimum atomic E-state index is 0.743. The topological polar surface area (TPSA) is 30.0 Å². The smallest absolute Gasteiger partial charge is 0.177 e. The number of aromatic nitrogens is 1. The van der Waals surface area contributed by atoms with Crippen LogP contribution in [0.25, 0.3) is 0 Å². The van der Waals surface area contributed by atoms with Crippen molar-refractivity contribution in [3.63, 3.8) is 0 Å². The van der Waals surface area contributed by atoms with Gasteiger partial charge in [-0.2, -0.15) is 0 Å². The normalized spacial score (nSPS) is 9.44. The van der Waals surface area contributed by atoms with Crippen molar-refractivity contribution in [3.8, 4) is 0 Å². The second-order valence-corrected chi connectivity index (χ2v) is 3.04. The van der Waals surface area contributed by atoms with Gasteiger partial charge in [0.15, 0.2) is 14.1 Å². The maximum Gasteiger partial charge on any atom is 0.177 e. The van der Waals surface area contributed by atoms with Crippen LogP contribution in [0.3, 0.4) is 0 Å². The van der Waals surface area contributed by atoms with Gasteiger partial charge < -0.3 is 0 Å². The first-order valence-electron chi connectivity index (χ1n) is 2.63. The number of carbonyl (C=O) groups excluding carboxylic acids is 1. The van der Waals surface area contributed by atoms with Crippen molar-refractivity contribution in [2.45, 2.75) is 6.92 Å². The third kappa shape index (κ3) is 1.19. The molecule has 2 nitrogen and oxygen atoms in total. The Morgan fingerprint density at radius 2 is 2.44 bits per heavy atom. The van der Waals surface area contributed by atoms with E-state index in [1.54, 1.807) is 0 Å². The summed E-state index contributed by atoms with van der Waals surface area (Å²) in [4.78, 5) is 16.0. The number of aldehydes is 1. The van der Waals surface area contributed by atoms with E-state index in [9.17, 15) is 4.79 Å². The maximum atomic E-state index is 10.2. The fourth-order valence-electron chi connectivity index (χ4n) is 0.656. The Bertz CT molecular complexity index is 233. The summed E-state index contributed by atoms with van der Waals surface area (Å²) in [5.41, 5.74) is 0.840. The van der Waals surface area contributed by atoms with Crippen molar-refractivity contribution in [3.05, 3.63) is 10.6 Å². The van der Waals surface area contributed by atoms with Gasteiger partial charge in [0.25, 0.3) is 0 Å². The monoisotopic (exact) mass is 139 g/mol. The lowest BCUT2D eigenvalue weighted by Crippen LogP contribution is -1.97. The first-order chi connectivity index (χ1) is 4.24. The van der Waals surface area contributed by atoms with Crippen LogP contribution in [-0.4, -0.2) is 19.1 Å². The van der Waals surface area contributed by atoms with E-state index in [0.29, 0.717) is 0 Å². The van der Waals surface area contributed by atoms with Crippen molar-refractivity contribution < 1.29 is 4.79 Å². The second kappa shape index (κ2) is 2.31. The Kier molecular flexibility index (Phi) is 1.66. The number of thiazole rings is 1. The van der Waals surface area contributed by atoms with E-state index in [4.69, 9.17) is 0 Å². The minimum absolute atomic E-state index is 0.743. The summed E-state index contributed by atoms with van der Waals surface area (Å²) in [7, 11) is 1.89. The molecule has 0 saturated heterocycles. The molecule has 1 aromatic heterocycles. The van der Waals surface area contributed by atoms with Gasteiger partial charge >= 0.3 is 0 Å². The maximum absolute atomic E-state index is 10.2. The molecule has 0 aliphatic rings. The van der Waals surface area contributed by atoms with Crippen molar-refractivity contribution >= 4 is 30.4 Å². The number of aryl methyl sites for hydroxylation is 1. The van der Waals surface area contributed by atoms with Crippen molar-refractivity contribution in [2.24, 2.45) is 0 Å². The molecule has 0 saturated carbocycles. The van der Waals surface area contributed by atoms with E-state index in [0.717, 1.165) is 21.8 Å². The molecule has 0 fully saturated rings. The molecule has 0 aliphatic carbocycles. The molecule has 4 heteroatoms. The van der Waals surface area contributed by atoms with Gasteiger partial charge in [0.2, 0.25) is 0 Å². The van der Waals surface area contributed by atoms with Gasteiger partial charge in [-0.15, -0.1) is 11.3 Å². The van der Waals surface area contributed by atoms with E-state index in [1.165, 1.54) is 11.3 Å². The quantitative estimate of drug-likeness (QED) is 0.388. The number of hydrogen-bond acceptors (Lipinski definition) is 3. The van der Waals surface area contributed by atoms with Crippen LogP contribution in [0, 0.1) is 6.92 Å². The van der Waals surface area contributed by atoms with Crippen molar-refractivity contribution in [1.29, 1.82) is 0 Å². The lowest BCUT2D eigenvalue weighted by atomic mass is 10.2. The molecule has 0 unspecified atom stereocenters. The van der Waals surface area contributed by atoms with Crippen LogP contribution in [0.2, 0.25) is 0 Å². The summed E-state index contributed by atoms with van der Waals surface area (Å²) in [5.74, 6) is 0. The molecule has 0 amide bonds. The Balaban J connectivity index is 3.15. The van der Waals surface area contributed by atoms with Crippen molar-refractivity contribution in [1.82, 2.24) is 4.98 Å². The van der Waals surface area contributed by atoms with Crippen LogP contribution in [0.4, 0.5) is 0 Å². The summed E-state index contributed by atoms with van der Waals surface area (Å²) in [6.45, 7) is 1.84. The fourth-order valence-corrected chi connectivity index (χ4v) is 1.40. The molecule has 1 heterocycles. The molecule has 1 aromatic rings. The molecule has 1 rings (SSSR count). The zero-order valence-electron chi connectivity index (χ0n) is 5.34. The van der Waals surface area contributed by atoms with E-state index < -0.39 is 0 Å². The highest BCUT2D eigenvalue weighted by atomic mass is 32.1. The third-order valence-electron chi connectivity index (χ3n) is 1.05. The third-order valence-corrected chi connectivity index (χ3v) is 2.04. The van der Waals surface area contributed by atoms with Gasteiger partial charge in [-0.25, -0.2) is 0 Å². The summed E-state index contributed by atoms with van der Waals surface area (Å²) in [6.07, 6.45) is 0.847. The Labute approximate surface area is 58.3 Å². The molecule has 0 N–H and O–H groups in total. The van der Waals surface area contributed by atoms with E-state index >= 15 is 0 Å². The lowest BCUT2D eigenvalue weighted by Gasteiger charge is -1.77. The predicted octanol–water partition coefficient (Wildman–Crippen LogP) is -0.478.